The number of nitrogens with zero attached hydrogens (tertiary/aromatic N) is 1. The van der Waals surface area contributed by atoms with Crippen LogP contribution in [0.15, 0.2) is 48.5 Å². The van der Waals surface area contributed by atoms with Gasteiger partial charge in [-0.3, -0.25) is 9.10 Å². The lowest BCUT2D eigenvalue weighted by molar-refractivity contribution is -0.127. The molecule has 8 heteroatoms. The number of carbonyl (C=O) groups is 1. The maximum absolute atomic E-state index is 12.5. The minimum absolute atomic E-state index is 0.0295. The molecule has 1 N–H and O–H groups in total. The summed E-state index contributed by atoms with van der Waals surface area (Å²) in [5, 5.41) is 2.85. The smallest absolute Gasteiger partial charge is 0.263 e. The number of hydrogen-bond acceptors (Lipinski definition) is 5. The molecule has 28 heavy (non-hydrogen) atoms. The quantitative estimate of drug-likeness (QED) is 0.697. The molecule has 0 radical (unpaired) electrons. The third-order valence-corrected chi connectivity index (χ3v) is 6.51. The van der Waals surface area contributed by atoms with Gasteiger partial charge in [0, 0.05) is 18.1 Å². The highest BCUT2D eigenvalue weighted by atomic mass is 32.2. The van der Waals surface area contributed by atoms with Crippen LogP contribution in [0, 0.1) is 6.92 Å². The Morgan fingerprint density at radius 1 is 1.25 bits per heavy atom. The van der Waals surface area contributed by atoms with E-state index in [1.807, 2.05) is 31.2 Å². The molecule has 0 fully saturated rings. The van der Waals surface area contributed by atoms with Crippen molar-refractivity contribution >= 4 is 33.4 Å². The summed E-state index contributed by atoms with van der Waals surface area (Å²) in [7, 11) is -3.51. The van der Waals surface area contributed by atoms with Crippen molar-refractivity contribution in [3.8, 4) is 5.75 Å². The van der Waals surface area contributed by atoms with Crippen molar-refractivity contribution in [3.63, 3.8) is 0 Å². The number of carbonyl (C=O) groups excluding carboxylic acids is 1. The zero-order valence-electron chi connectivity index (χ0n) is 15.9. The number of hydrogen-bond donors (Lipinski definition) is 1. The van der Waals surface area contributed by atoms with Crippen molar-refractivity contribution < 1.29 is 17.9 Å². The Labute approximate surface area is 170 Å². The summed E-state index contributed by atoms with van der Waals surface area (Å²) in [5.41, 5.74) is 2.64. The molecule has 1 heterocycles. The molecular formula is C20H24N2O4S2. The Kier molecular flexibility index (Phi) is 6.51. The average Bonchev–Trinajstić information content (AvgIpc) is 2.66. The molecule has 6 nitrogen and oxygen atoms in total. The van der Waals surface area contributed by atoms with Crippen molar-refractivity contribution in [2.45, 2.75) is 18.8 Å². The molecule has 2 aromatic carbocycles. The molecule has 2 aromatic rings. The number of ether oxygens (including phenoxy) is 1. The SMILES string of the molecule is Cc1ccc2c(c1)N(S(C)(=O)=O)C[C@H](C(=O)NCCSCc1ccccc1)O2. The molecular weight excluding hydrogens is 396 g/mol. The minimum Gasteiger partial charge on any atom is -0.476 e. The number of thioether (sulfide) groups is 1. The highest BCUT2D eigenvalue weighted by Gasteiger charge is 2.34. The molecule has 150 valence electrons. The van der Waals surface area contributed by atoms with Crippen LogP contribution in [-0.4, -0.2) is 45.5 Å². The zero-order chi connectivity index (χ0) is 20.1. The maximum atomic E-state index is 12.5. The van der Waals surface area contributed by atoms with Gasteiger partial charge < -0.3 is 10.1 Å². The summed E-state index contributed by atoms with van der Waals surface area (Å²) < 4.78 is 31.4. The molecule has 0 spiro atoms. The molecule has 1 atom stereocenters. The average molecular weight is 421 g/mol. The van der Waals surface area contributed by atoms with Gasteiger partial charge in [-0.1, -0.05) is 36.4 Å². The van der Waals surface area contributed by atoms with Gasteiger partial charge >= 0.3 is 0 Å². The van der Waals surface area contributed by atoms with E-state index in [0.717, 1.165) is 23.3 Å². The monoisotopic (exact) mass is 420 g/mol. The molecule has 3 rings (SSSR count). The summed E-state index contributed by atoms with van der Waals surface area (Å²) in [6, 6.07) is 15.4. The van der Waals surface area contributed by atoms with E-state index in [1.54, 1.807) is 23.9 Å². The topological polar surface area (TPSA) is 75.7 Å². The van der Waals surface area contributed by atoms with Crippen LogP contribution in [0.5, 0.6) is 5.75 Å². The lowest BCUT2D eigenvalue weighted by Gasteiger charge is -2.34. The van der Waals surface area contributed by atoms with E-state index >= 15 is 0 Å². The van der Waals surface area contributed by atoms with E-state index in [-0.39, 0.29) is 12.5 Å². The number of rotatable bonds is 7. The Hall–Kier alpha value is -2.19. The van der Waals surface area contributed by atoms with E-state index in [9.17, 15) is 13.2 Å². The second-order valence-corrected chi connectivity index (χ2v) is 9.71. The standard InChI is InChI=1S/C20H24N2O4S2/c1-15-8-9-18-17(12-15)22(28(2,24)25)13-19(26-18)20(23)21-10-11-27-14-16-6-4-3-5-7-16/h3-9,12,19H,10-11,13-14H2,1-2H3,(H,21,23)/t19-/m1/s1. The first-order chi connectivity index (χ1) is 13.3. The van der Waals surface area contributed by atoms with Gasteiger partial charge in [0.2, 0.25) is 10.0 Å². The van der Waals surface area contributed by atoms with Gasteiger partial charge in [-0.2, -0.15) is 11.8 Å². The molecule has 0 saturated heterocycles. The number of benzene rings is 2. The minimum atomic E-state index is -3.51. The summed E-state index contributed by atoms with van der Waals surface area (Å²) in [4.78, 5) is 12.5. The number of sulfonamides is 1. The molecule has 0 aromatic heterocycles. The van der Waals surface area contributed by atoms with Crippen LogP contribution < -0.4 is 14.4 Å². The first-order valence-electron chi connectivity index (χ1n) is 8.99. The van der Waals surface area contributed by atoms with Crippen LogP contribution in [0.25, 0.3) is 0 Å². The number of aryl methyl sites for hydroxylation is 1. The van der Waals surface area contributed by atoms with Gasteiger partial charge in [0.05, 0.1) is 18.5 Å². The van der Waals surface area contributed by atoms with E-state index in [1.165, 1.54) is 9.87 Å². The lowest BCUT2D eigenvalue weighted by Crippen LogP contribution is -2.50. The van der Waals surface area contributed by atoms with Crippen molar-refractivity contribution in [2.24, 2.45) is 0 Å². The number of amides is 1. The zero-order valence-corrected chi connectivity index (χ0v) is 17.6. The molecule has 1 aliphatic heterocycles. The predicted octanol–water partition coefficient (Wildman–Crippen LogP) is 2.57. The largest absolute Gasteiger partial charge is 0.476 e. The molecule has 1 aliphatic rings. The summed E-state index contributed by atoms with van der Waals surface area (Å²) in [6.07, 6.45) is 0.267. The molecule has 0 aliphatic carbocycles. The first kappa shape index (κ1) is 20.5. The summed E-state index contributed by atoms with van der Waals surface area (Å²) in [6.45, 7) is 2.35. The number of anilines is 1. The van der Waals surface area contributed by atoms with Gasteiger partial charge in [-0.25, -0.2) is 8.42 Å². The van der Waals surface area contributed by atoms with E-state index in [0.29, 0.717) is 18.0 Å². The van der Waals surface area contributed by atoms with Crippen LogP contribution in [0.3, 0.4) is 0 Å². The van der Waals surface area contributed by atoms with Gasteiger partial charge in [0.25, 0.3) is 5.91 Å². The van der Waals surface area contributed by atoms with E-state index in [2.05, 4.69) is 17.4 Å². The van der Waals surface area contributed by atoms with Crippen LogP contribution in [0.1, 0.15) is 11.1 Å². The summed E-state index contributed by atoms with van der Waals surface area (Å²) in [5.74, 6) is 1.74. The van der Waals surface area contributed by atoms with Gasteiger partial charge in [0.1, 0.15) is 5.75 Å². The fourth-order valence-corrected chi connectivity index (χ4v) is 4.66. The fourth-order valence-electron chi connectivity index (χ4n) is 2.94. The van der Waals surface area contributed by atoms with Crippen LogP contribution in [0.4, 0.5) is 5.69 Å². The van der Waals surface area contributed by atoms with E-state index < -0.39 is 16.1 Å². The van der Waals surface area contributed by atoms with Crippen LogP contribution >= 0.6 is 11.8 Å². The van der Waals surface area contributed by atoms with Crippen LogP contribution in [-0.2, 0) is 20.6 Å². The second kappa shape index (κ2) is 8.87. The lowest BCUT2D eigenvalue weighted by atomic mass is 10.1. The Morgan fingerprint density at radius 3 is 2.71 bits per heavy atom. The van der Waals surface area contributed by atoms with Gasteiger partial charge in [-0.15, -0.1) is 0 Å². The Bertz CT molecular complexity index is 932. The second-order valence-electron chi connectivity index (χ2n) is 6.70. The molecule has 0 bridgehead atoms. The predicted molar refractivity (Wildman–Crippen MR) is 113 cm³/mol. The van der Waals surface area contributed by atoms with Crippen molar-refractivity contribution in [1.29, 1.82) is 0 Å². The third kappa shape index (κ3) is 5.20. The third-order valence-electron chi connectivity index (χ3n) is 4.33. The highest BCUT2D eigenvalue weighted by molar-refractivity contribution is 7.98. The maximum Gasteiger partial charge on any atom is 0.263 e. The normalized spacial score (nSPS) is 16.2. The van der Waals surface area contributed by atoms with Crippen molar-refractivity contribution in [1.82, 2.24) is 5.32 Å². The Balaban J connectivity index is 1.56. The first-order valence-corrected chi connectivity index (χ1v) is 12.0. The molecule has 1 amide bonds. The summed E-state index contributed by atoms with van der Waals surface area (Å²) >= 11 is 1.73. The fraction of sp³-hybridized carbons (Fsp3) is 0.350. The molecule has 0 saturated carbocycles. The van der Waals surface area contributed by atoms with Crippen LogP contribution in [0.2, 0.25) is 0 Å². The highest BCUT2D eigenvalue weighted by Crippen LogP contribution is 2.35. The van der Waals surface area contributed by atoms with E-state index in [4.69, 9.17) is 4.74 Å². The Morgan fingerprint density at radius 2 is 2.00 bits per heavy atom. The number of fused-ring (bicyclic) bond motifs is 1. The van der Waals surface area contributed by atoms with Crippen molar-refractivity contribution in [2.75, 3.05) is 29.4 Å². The van der Waals surface area contributed by atoms with Gasteiger partial charge in [-0.05, 0) is 30.2 Å². The number of nitrogens with one attached hydrogen (secondary N) is 1. The van der Waals surface area contributed by atoms with Gasteiger partial charge in [0.15, 0.2) is 6.10 Å². The van der Waals surface area contributed by atoms with Crippen molar-refractivity contribution in [3.05, 3.63) is 59.7 Å². The molecule has 0 unspecified atom stereocenters.